The summed E-state index contributed by atoms with van der Waals surface area (Å²) in [7, 11) is 0. The van der Waals surface area contributed by atoms with E-state index in [0.29, 0.717) is 0 Å². The lowest BCUT2D eigenvalue weighted by Gasteiger charge is -2.13. The quantitative estimate of drug-likeness (QED) is 0.855. The third-order valence-electron chi connectivity index (χ3n) is 2.23. The smallest absolute Gasteiger partial charge is 0.0454 e. The molecule has 0 aliphatic rings. The summed E-state index contributed by atoms with van der Waals surface area (Å²) in [6, 6.07) is 5.87. The molecule has 0 spiro atoms. The van der Waals surface area contributed by atoms with Crippen molar-refractivity contribution >= 4 is 39.9 Å². The van der Waals surface area contributed by atoms with Gasteiger partial charge in [-0.1, -0.05) is 47.3 Å². The summed E-state index contributed by atoms with van der Waals surface area (Å²) in [6.45, 7) is 2.16. The van der Waals surface area contributed by atoms with Crippen LogP contribution in [0, 0.1) is 0 Å². The fourth-order valence-corrected chi connectivity index (χ4v) is 2.01. The normalized spacial score (nSPS) is 12.0. The maximum absolute atomic E-state index is 6.07. The van der Waals surface area contributed by atoms with Gasteiger partial charge in [0.25, 0.3) is 0 Å². The number of halogens is 3. The van der Waals surface area contributed by atoms with Gasteiger partial charge in [-0.15, -0.1) is 12.4 Å². The molecule has 0 unspecified atom stereocenters. The first-order chi connectivity index (χ1) is 6.65. The van der Waals surface area contributed by atoms with Crippen LogP contribution in [0.2, 0.25) is 5.02 Å². The third-order valence-corrected chi connectivity index (χ3v) is 3.06. The van der Waals surface area contributed by atoms with E-state index < -0.39 is 0 Å². The minimum absolute atomic E-state index is 0. The Bertz CT molecular complexity index is 305. The molecule has 0 aliphatic heterocycles. The monoisotopic (exact) mass is 311 g/mol. The second kappa shape index (κ2) is 7.50. The molecule has 0 amide bonds. The van der Waals surface area contributed by atoms with E-state index in [0.717, 1.165) is 27.9 Å². The Hall–Kier alpha value is 0.240. The Morgan fingerprint density at radius 2 is 2.13 bits per heavy atom. The van der Waals surface area contributed by atoms with Crippen LogP contribution in [-0.4, -0.2) is 0 Å². The van der Waals surface area contributed by atoms with Crippen molar-refractivity contribution in [3.63, 3.8) is 0 Å². The van der Waals surface area contributed by atoms with Gasteiger partial charge in [-0.05, 0) is 30.2 Å². The number of rotatable bonds is 4. The Morgan fingerprint density at radius 3 is 2.73 bits per heavy atom. The van der Waals surface area contributed by atoms with E-state index >= 15 is 0 Å². The zero-order valence-corrected chi connectivity index (χ0v) is 11.8. The molecular weight excluding hydrogens is 297 g/mol. The van der Waals surface area contributed by atoms with Crippen LogP contribution in [0.25, 0.3) is 0 Å². The first kappa shape index (κ1) is 15.2. The highest BCUT2D eigenvalue weighted by Gasteiger charge is 2.09. The molecule has 0 radical (unpaired) electrons. The first-order valence-corrected chi connectivity index (χ1v) is 6.02. The number of hydrogen-bond donors (Lipinski definition) is 1. The molecule has 0 bridgehead atoms. The highest BCUT2D eigenvalue weighted by atomic mass is 79.9. The summed E-state index contributed by atoms with van der Waals surface area (Å²) >= 11 is 9.49. The van der Waals surface area contributed by atoms with E-state index in [9.17, 15) is 0 Å². The zero-order chi connectivity index (χ0) is 10.6. The lowest BCUT2D eigenvalue weighted by molar-refractivity contribution is 0.603. The fraction of sp³-hybridized carbons (Fsp3) is 0.455. The molecule has 15 heavy (non-hydrogen) atoms. The molecule has 86 valence electrons. The molecule has 2 N–H and O–H groups in total. The van der Waals surface area contributed by atoms with E-state index in [4.69, 9.17) is 17.3 Å². The van der Waals surface area contributed by atoms with Crippen LogP contribution in [-0.2, 0) is 0 Å². The molecule has 1 rings (SSSR count). The van der Waals surface area contributed by atoms with E-state index in [2.05, 4.69) is 22.9 Å². The summed E-state index contributed by atoms with van der Waals surface area (Å²) < 4.78 is 1.03. The maximum atomic E-state index is 6.07. The molecule has 0 aromatic heterocycles. The summed E-state index contributed by atoms with van der Waals surface area (Å²) in [6.07, 6.45) is 3.30. The van der Waals surface area contributed by atoms with Crippen molar-refractivity contribution in [1.29, 1.82) is 0 Å². The summed E-state index contributed by atoms with van der Waals surface area (Å²) in [5, 5.41) is 0.761. The molecule has 1 atom stereocenters. The Labute approximate surface area is 111 Å². The average molecular weight is 313 g/mol. The summed E-state index contributed by atoms with van der Waals surface area (Å²) in [5.74, 6) is 0. The first-order valence-electron chi connectivity index (χ1n) is 4.85. The number of unbranched alkanes of at least 4 members (excludes halogenated alkanes) is 1. The van der Waals surface area contributed by atoms with Crippen molar-refractivity contribution in [3.8, 4) is 0 Å². The molecular formula is C11H16BrCl2N. The van der Waals surface area contributed by atoms with Crippen LogP contribution in [0.4, 0.5) is 0 Å². The van der Waals surface area contributed by atoms with Gasteiger partial charge in [0.05, 0.1) is 0 Å². The minimum atomic E-state index is 0. The van der Waals surface area contributed by atoms with E-state index in [1.54, 1.807) is 0 Å². The number of nitrogens with two attached hydrogens (primary N) is 1. The lowest BCUT2D eigenvalue weighted by atomic mass is 10.0. The van der Waals surface area contributed by atoms with Gasteiger partial charge in [-0.3, -0.25) is 0 Å². The van der Waals surface area contributed by atoms with Crippen molar-refractivity contribution in [2.45, 2.75) is 32.2 Å². The van der Waals surface area contributed by atoms with E-state index in [1.807, 2.05) is 18.2 Å². The molecule has 0 saturated carbocycles. The molecule has 0 heterocycles. The van der Waals surface area contributed by atoms with Crippen molar-refractivity contribution in [2.24, 2.45) is 5.73 Å². The topological polar surface area (TPSA) is 26.0 Å². The predicted octanol–water partition coefficient (Wildman–Crippen LogP) is 4.71. The Morgan fingerprint density at radius 1 is 1.47 bits per heavy atom. The van der Waals surface area contributed by atoms with Gasteiger partial charge in [-0.2, -0.15) is 0 Å². The summed E-state index contributed by atoms with van der Waals surface area (Å²) in [5.41, 5.74) is 7.08. The largest absolute Gasteiger partial charge is 0.324 e. The minimum Gasteiger partial charge on any atom is -0.324 e. The van der Waals surface area contributed by atoms with E-state index in [-0.39, 0.29) is 18.4 Å². The molecule has 1 aromatic carbocycles. The molecule has 1 aromatic rings. The Balaban J connectivity index is 0.00000196. The van der Waals surface area contributed by atoms with Crippen molar-refractivity contribution in [1.82, 2.24) is 0 Å². The number of hydrogen-bond acceptors (Lipinski definition) is 1. The van der Waals surface area contributed by atoms with Gasteiger partial charge in [0, 0.05) is 15.5 Å². The molecule has 1 nitrogen and oxygen atoms in total. The fourth-order valence-electron chi connectivity index (χ4n) is 1.38. The number of benzene rings is 1. The van der Waals surface area contributed by atoms with Crippen LogP contribution >= 0.6 is 39.9 Å². The van der Waals surface area contributed by atoms with Gasteiger partial charge in [0.1, 0.15) is 0 Å². The second-order valence-electron chi connectivity index (χ2n) is 3.41. The van der Waals surface area contributed by atoms with Gasteiger partial charge in [-0.25, -0.2) is 0 Å². The highest BCUT2D eigenvalue weighted by molar-refractivity contribution is 9.10. The van der Waals surface area contributed by atoms with Crippen LogP contribution in [0.3, 0.4) is 0 Å². The highest BCUT2D eigenvalue weighted by Crippen LogP contribution is 2.27. The lowest BCUT2D eigenvalue weighted by Crippen LogP contribution is -2.10. The molecule has 0 fully saturated rings. The van der Waals surface area contributed by atoms with Crippen LogP contribution in [0.1, 0.15) is 37.8 Å². The maximum Gasteiger partial charge on any atom is 0.0454 e. The Kier molecular flexibility index (Phi) is 7.62. The van der Waals surface area contributed by atoms with Gasteiger partial charge in [0.15, 0.2) is 0 Å². The molecule has 4 heteroatoms. The van der Waals surface area contributed by atoms with Crippen molar-refractivity contribution in [2.75, 3.05) is 0 Å². The van der Waals surface area contributed by atoms with Gasteiger partial charge >= 0.3 is 0 Å². The van der Waals surface area contributed by atoms with Crippen molar-refractivity contribution < 1.29 is 0 Å². The van der Waals surface area contributed by atoms with Crippen LogP contribution < -0.4 is 5.73 Å². The van der Waals surface area contributed by atoms with Crippen LogP contribution in [0.15, 0.2) is 22.7 Å². The summed E-state index contributed by atoms with van der Waals surface area (Å²) in [4.78, 5) is 0. The van der Waals surface area contributed by atoms with Gasteiger partial charge < -0.3 is 5.73 Å². The SMILES string of the molecule is CCCC[C@H](N)c1cc(Br)ccc1Cl.Cl. The second-order valence-corrected chi connectivity index (χ2v) is 4.74. The molecule has 0 aliphatic carbocycles. The standard InChI is InChI=1S/C11H15BrClN.ClH/c1-2-3-4-11(14)9-7-8(12)5-6-10(9)13;/h5-7,11H,2-4,14H2,1H3;1H/t11-;/m0./s1. The van der Waals surface area contributed by atoms with Gasteiger partial charge in [0.2, 0.25) is 0 Å². The third kappa shape index (κ3) is 4.73. The van der Waals surface area contributed by atoms with E-state index in [1.165, 1.54) is 6.42 Å². The zero-order valence-electron chi connectivity index (χ0n) is 8.67. The molecule has 0 saturated heterocycles. The van der Waals surface area contributed by atoms with Crippen molar-refractivity contribution in [3.05, 3.63) is 33.3 Å². The van der Waals surface area contributed by atoms with Crippen LogP contribution in [0.5, 0.6) is 0 Å². The predicted molar refractivity (Wildman–Crippen MR) is 72.9 cm³/mol. The average Bonchev–Trinajstić information content (AvgIpc) is 2.18.